The number of carbonyl (C=O) groups is 4. The van der Waals surface area contributed by atoms with Crippen molar-refractivity contribution < 1.29 is 19.2 Å². The molecule has 0 aromatic heterocycles. The maximum absolute atomic E-state index is 12.5. The molecule has 0 aliphatic carbocycles. The van der Waals surface area contributed by atoms with E-state index in [-0.39, 0.29) is 23.7 Å². The Labute approximate surface area is 163 Å². The minimum Gasteiger partial charge on any atom is -0.343 e. The molecular formula is C20H24N4O4. The molecule has 8 heteroatoms. The topological polar surface area (TPSA) is 98.8 Å². The van der Waals surface area contributed by atoms with Gasteiger partial charge in [0.1, 0.15) is 6.04 Å². The van der Waals surface area contributed by atoms with Crippen LogP contribution >= 0.6 is 0 Å². The summed E-state index contributed by atoms with van der Waals surface area (Å²) in [6, 6.07) is 8.62. The predicted octanol–water partition coefficient (Wildman–Crippen LogP) is 0.626. The molecule has 1 spiro atoms. The average molecular weight is 384 g/mol. The van der Waals surface area contributed by atoms with E-state index >= 15 is 0 Å². The second kappa shape index (κ2) is 7.26. The molecule has 1 aromatic rings. The molecule has 4 rings (SSSR count). The third kappa shape index (κ3) is 3.72. The lowest BCUT2D eigenvalue weighted by Crippen LogP contribution is -2.46. The fourth-order valence-electron chi connectivity index (χ4n) is 4.40. The summed E-state index contributed by atoms with van der Waals surface area (Å²) in [4.78, 5) is 51.5. The largest absolute Gasteiger partial charge is 0.343 e. The summed E-state index contributed by atoms with van der Waals surface area (Å²) >= 11 is 0. The molecule has 0 radical (unpaired) electrons. The first-order valence-corrected chi connectivity index (χ1v) is 9.65. The molecule has 148 valence electrons. The number of amides is 5. The zero-order chi connectivity index (χ0) is 19.7. The Hall–Kier alpha value is -2.90. The molecule has 3 aliphatic rings. The number of carbonyl (C=O) groups excluding carboxylic acids is 4. The third-order valence-electron chi connectivity index (χ3n) is 6.04. The fraction of sp³-hybridized carbons (Fsp3) is 0.500. The standard InChI is InChI=1S/C20H24N4O4/c25-16(10-15-18(27)22-19(28)21-15)23-8-6-20(7-9-23)11-17(26)24(13-20)12-14-4-2-1-3-5-14/h1-5,15H,6-13H2,(H2,21,22,27,28)/t15-/m0/s1. The Balaban J connectivity index is 1.31. The highest BCUT2D eigenvalue weighted by molar-refractivity contribution is 6.05. The molecule has 1 aromatic carbocycles. The van der Waals surface area contributed by atoms with Crippen molar-refractivity contribution in [3.8, 4) is 0 Å². The lowest BCUT2D eigenvalue weighted by molar-refractivity contribution is -0.135. The molecule has 0 bridgehead atoms. The molecule has 3 heterocycles. The second-order valence-corrected chi connectivity index (χ2v) is 8.01. The summed E-state index contributed by atoms with van der Waals surface area (Å²) in [5, 5.41) is 4.60. The van der Waals surface area contributed by atoms with Gasteiger partial charge in [0.2, 0.25) is 11.8 Å². The molecular weight excluding hydrogens is 360 g/mol. The van der Waals surface area contributed by atoms with E-state index in [0.717, 1.165) is 24.9 Å². The minimum absolute atomic E-state index is 0.0242. The number of hydrogen-bond acceptors (Lipinski definition) is 4. The summed E-state index contributed by atoms with van der Waals surface area (Å²) < 4.78 is 0. The van der Waals surface area contributed by atoms with Gasteiger partial charge in [-0.3, -0.25) is 19.7 Å². The number of imide groups is 1. The van der Waals surface area contributed by atoms with Crippen LogP contribution < -0.4 is 10.6 Å². The summed E-state index contributed by atoms with van der Waals surface area (Å²) in [5.74, 6) is -0.415. The van der Waals surface area contributed by atoms with E-state index in [1.54, 1.807) is 4.90 Å². The normalized spacial score (nSPS) is 23.9. The van der Waals surface area contributed by atoms with Crippen LogP contribution in [-0.4, -0.2) is 59.2 Å². The molecule has 2 N–H and O–H groups in total. The smallest absolute Gasteiger partial charge is 0.322 e. The van der Waals surface area contributed by atoms with Gasteiger partial charge in [-0.1, -0.05) is 30.3 Å². The molecule has 8 nitrogen and oxygen atoms in total. The lowest BCUT2D eigenvalue weighted by Gasteiger charge is -2.39. The molecule has 28 heavy (non-hydrogen) atoms. The van der Waals surface area contributed by atoms with Crippen molar-refractivity contribution in [2.45, 2.75) is 38.3 Å². The third-order valence-corrected chi connectivity index (χ3v) is 6.04. The number of nitrogens with one attached hydrogen (secondary N) is 2. The van der Waals surface area contributed by atoms with Gasteiger partial charge < -0.3 is 15.1 Å². The highest BCUT2D eigenvalue weighted by Gasteiger charge is 2.45. The van der Waals surface area contributed by atoms with Gasteiger partial charge in [0.25, 0.3) is 5.91 Å². The van der Waals surface area contributed by atoms with E-state index in [1.807, 2.05) is 35.2 Å². The Kier molecular flexibility index (Phi) is 4.78. The van der Waals surface area contributed by atoms with Gasteiger partial charge in [0.15, 0.2) is 0 Å². The number of hydrogen-bond donors (Lipinski definition) is 2. The number of nitrogens with zero attached hydrogens (tertiary/aromatic N) is 2. The maximum Gasteiger partial charge on any atom is 0.322 e. The summed E-state index contributed by atoms with van der Waals surface area (Å²) in [7, 11) is 0. The lowest BCUT2D eigenvalue weighted by atomic mass is 9.77. The Bertz CT molecular complexity index is 802. The highest BCUT2D eigenvalue weighted by Crippen LogP contribution is 2.41. The second-order valence-electron chi connectivity index (χ2n) is 8.01. The Morgan fingerprint density at radius 2 is 1.82 bits per heavy atom. The van der Waals surface area contributed by atoms with Crippen LogP contribution in [0.4, 0.5) is 4.79 Å². The first-order valence-electron chi connectivity index (χ1n) is 9.65. The highest BCUT2D eigenvalue weighted by atomic mass is 16.2. The van der Waals surface area contributed by atoms with E-state index < -0.39 is 18.0 Å². The van der Waals surface area contributed by atoms with E-state index in [2.05, 4.69) is 10.6 Å². The van der Waals surface area contributed by atoms with Gasteiger partial charge in [0, 0.05) is 38.0 Å². The molecule has 1 atom stereocenters. The summed E-state index contributed by atoms with van der Waals surface area (Å²) in [6.07, 6.45) is 2.06. The number of likely N-dealkylation sites (tertiary alicyclic amines) is 2. The first kappa shape index (κ1) is 18.5. The van der Waals surface area contributed by atoms with E-state index in [4.69, 9.17) is 0 Å². The van der Waals surface area contributed by atoms with Crippen LogP contribution in [0.15, 0.2) is 30.3 Å². The van der Waals surface area contributed by atoms with Crippen LogP contribution in [0.1, 0.15) is 31.2 Å². The minimum atomic E-state index is -0.787. The summed E-state index contributed by atoms with van der Waals surface area (Å²) in [5.41, 5.74) is 1.05. The Morgan fingerprint density at radius 1 is 1.11 bits per heavy atom. The number of rotatable bonds is 4. The monoisotopic (exact) mass is 384 g/mol. The quantitative estimate of drug-likeness (QED) is 0.744. The van der Waals surface area contributed by atoms with Gasteiger partial charge in [0.05, 0.1) is 6.42 Å². The zero-order valence-corrected chi connectivity index (χ0v) is 15.6. The van der Waals surface area contributed by atoms with Crippen LogP contribution in [-0.2, 0) is 20.9 Å². The number of piperidine rings is 1. The van der Waals surface area contributed by atoms with Gasteiger partial charge >= 0.3 is 6.03 Å². The maximum atomic E-state index is 12.5. The van der Waals surface area contributed by atoms with E-state index in [0.29, 0.717) is 26.1 Å². The fourth-order valence-corrected chi connectivity index (χ4v) is 4.40. The molecule has 0 unspecified atom stereocenters. The first-order chi connectivity index (χ1) is 13.4. The van der Waals surface area contributed by atoms with Crippen molar-refractivity contribution in [2.24, 2.45) is 5.41 Å². The van der Waals surface area contributed by atoms with Crippen molar-refractivity contribution in [1.82, 2.24) is 20.4 Å². The van der Waals surface area contributed by atoms with E-state index in [9.17, 15) is 19.2 Å². The molecule has 3 aliphatic heterocycles. The molecule has 3 fully saturated rings. The number of benzene rings is 1. The van der Waals surface area contributed by atoms with Crippen molar-refractivity contribution in [3.05, 3.63) is 35.9 Å². The van der Waals surface area contributed by atoms with Gasteiger partial charge in [-0.05, 0) is 18.4 Å². The van der Waals surface area contributed by atoms with Crippen molar-refractivity contribution >= 4 is 23.8 Å². The molecule has 5 amide bonds. The van der Waals surface area contributed by atoms with Gasteiger partial charge in [-0.15, -0.1) is 0 Å². The molecule has 0 saturated carbocycles. The van der Waals surface area contributed by atoms with Crippen LogP contribution in [0, 0.1) is 5.41 Å². The van der Waals surface area contributed by atoms with Crippen molar-refractivity contribution in [1.29, 1.82) is 0 Å². The predicted molar refractivity (Wildman–Crippen MR) is 99.8 cm³/mol. The molecule has 3 saturated heterocycles. The average Bonchev–Trinajstić information content (AvgIpc) is 3.14. The van der Waals surface area contributed by atoms with Crippen LogP contribution in [0.3, 0.4) is 0 Å². The van der Waals surface area contributed by atoms with Crippen LogP contribution in [0.25, 0.3) is 0 Å². The van der Waals surface area contributed by atoms with Gasteiger partial charge in [-0.25, -0.2) is 4.79 Å². The van der Waals surface area contributed by atoms with E-state index in [1.165, 1.54) is 0 Å². The van der Waals surface area contributed by atoms with Crippen LogP contribution in [0.2, 0.25) is 0 Å². The SMILES string of the molecule is O=C1NC(=O)[C@H](CC(=O)N2CCC3(CC2)CC(=O)N(Cc2ccccc2)C3)N1. The Morgan fingerprint density at radius 3 is 2.46 bits per heavy atom. The van der Waals surface area contributed by atoms with Gasteiger partial charge in [-0.2, -0.15) is 0 Å². The zero-order valence-electron chi connectivity index (χ0n) is 15.6. The van der Waals surface area contributed by atoms with Crippen molar-refractivity contribution in [3.63, 3.8) is 0 Å². The van der Waals surface area contributed by atoms with Crippen LogP contribution in [0.5, 0.6) is 0 Å². The number of urea groups is 1. The van der Waals surface area contributed by atoms with Crippen molar-refractivity contribution in [2.75, 3.05) is 19.6 Å². The summed E-state index contributed by atoms with van der Waals surface area (Å²) in [6.45, 7) is 2.51.